The first-order valence-corrected chi connectivity index (χ1v) is 8.35. The van der Waals surface area contributed by atoms with Crippen LogP contribution in [0.15, 0.2) is 48.5 Å². The van der Waals surface area contributed by atoms with Crippen LogP contribution in [0.25, 0.3) is 0 Å². The number of amides is 2. The van der Waals surface area contributed by atoms with Crippen molar-refractivity contribution in [3.63, 3.8) is 0 Å². The summed E-state index contributed by atoms with van der Waals surface area (Å²) in [6.07, 6.45) is 0.688. The predicted molar refractivity (Wildman–Crippen MR) is 94.4 cm³/mol. The van der Waals surface area contributed by atoms with Gasteiger partial charge in [0.15, 0.2) is 0 Å². The van der Waals surface area contributed by atoms with Crippen LogP contribution in [0, 0.1) is 18.7 Å². The Kier molecular flexibility index (Phi) is 4.83. The fourth-order valence-electron chi connectivity index (χ4n) is 3.32. The number of nitrogens with one attached hydrogen (secondary N) is 1. The molecule has 130 valence electrons. The third-order valence-corrected chi connectivity index (χ3v) is 4.74. The molecule has 1 N–H and O–H groups in total. The summed E-state index contributed by atoms with van der Waals surface area (Å²) in [5.41, 5.74) is 2.18. The number of halogens is 1. The Balaban J connectivity index is 1.89. The Morgan fingerprint density at radius 3 is 2.52 bits per heavy atom. The number of nitrogens with zero attached hydrogens (tertiary/aromatic N) is 1. The van der Waals surface area contributed by atoms with Crippen LogP contribution in [0.1, 0.15) is 30.0 Å². The van der Waals surface area contributed by atoms with Crippen LogP contribution in [0.2, 0.25) is 0 Å². The van der Waals surface area contributed by atoms with Gasteiger partial charge in [0.2, 0.25) is 11.8 Å². The number of aryl methyl sites for hydroxylation is 1. The number of carbonyl (C=O) groups excluding carboxylic acids is 2. The summed E-state index contributed by atoms with van der Waals surface area (Å²) < 4.78 is 14.3. The number of rotatable bonds is 3. The maximum Gasteiger partial charge on any atom is 0.229 e. The van der Waals surface area contributed by atoms with Gasteiger partial charge in [-0.25, -0.2) is 4.39 Å². The number of piperidine rings is 1. The average Bonchev–Trinajstić information content (AvgIpc) is 2.60. The van der Waals surface area contributed by atoms with Crippen LogP contribution in [0.3, 0.4) is 0 Å². The lowest BCUT2D eigenvalue weighted by atomic mass is 9.83. The Labute approximate surface area is 146 Å². The third kappa shape index (κ3) is 3.55. The van der Waals surface area contributed by atoms with Crippen molar-refractivity contribution in [2.75, 3.05) is 12.4 Å². The van der Waals surface area contributed by atoms with Crippen molar-refractivity contribution in [1.82, 2.24) is 4.90 Å². The molecular formula is C20H21FN2O2. The monoisotopic (exact) mass is 340 g/mol. The number of anilines is 1. The highest BCUT2D eigenvalue weighted by molar-refractivity contribution is 5.94. The summed E-state index contributed by atoms with van der Waals surface area (Å²) in [5, 5.41) is 2.89. The molecule has 4 nitrogen and oxygen atoms in total. The standard InChI is InChI=1S/C20H21FN2O2/c1-13-7-9-14(10-8-13)22-20(25)16-11-12-18(24)23(2)19(16)15-5-3-4-6-17(15)21/h3-10,16,19H,11-12H2,1-2H3,(H,22,25)/t16-,19-/m1/s1. The van der Waals surface area contributed by atoms with Gasteiger partial charge in [-0.1, -0.05) is 35.9 Å². The van der Waals surface area contributed by atoms with Crippen LogP contribution in [0.5, 0.6) is 0 Å². The molecule has 0 aliphatic carbocycles. The normalized spacial score (nSPS) is 20.4. The van der Waals surface area contributed by atoms with Crippen molar-refractivity contribution in [2.45, 2.75) is 25.8 Å². The fourth-order valence-corrected chi connectivity index (χ4v) is 3.32. The Bertz CT molecular complexity index is 789. The second kappa shape index (κ2) is 7.05. The summed E-state index contributed by atoms with van der Waals surface area (Å²) in [6.45, 7) is 1.97. The van der Waals surface area contributed by atoms with E-state index >= 15 is 0 Å². The first kappa shape index (κ1) is 17.1. The number of hydrogen-bond donors (Lipinski definition) is 1. The van der Waals surface area contributed by atoms with E-state index in [-0.39, 0.29) is 18.2 Å². The lowest BCUT2D eigenvalue weighted by Gasteiger charge is -2.38. The quantitative estimate of drug-likeness (QED) is 0.926. The molecule has 0 radical (unpaired) electrons. The van der Waals surface area contributed by atoms with E-state index in [1.54, 1.807) is 25.2 Å². The van der Waals surface area contributed by atoms with Crippen LogP contribution >= 0.6 is 0 Å². The summed E-state index contributed by atoms with van der Waals surface area (Å²) in [6, 6.07) is 13.2. The maximum atomic E-state index is 14.3. The van der Waals surface area contributed by atoms with Crippen molar-refractivity contribution in [3.8, 4) is 0 Å². The van der Waals surface area contributed by atoms with Crippen LogP contribution in [-0.4, -0.2) is 23.8 Å². The topological polar surface area (TPSA) is 49.4 Å². The largest absolute Gasteiger partial charge is 0.338 e. The first-order chi connectivity index (χ1) is 12.0. The number of likely N-dealkylation sites (tertiary alicyclic amines) is 1. The number of carbonyl (C=O) groups is 2. The molecule has 1 fully saturated rings. The highest BCUT2D eigenvalue weighted by Crippen LogP contribution is 2.37. The smallest absolute Gasteiger partial charge is 0.229 e. The van der Waals surface area contributed by atoms with E-state index in [2.05, 4.69) is 5.32 Å². The Morgan fingerprint density at radius 2 is 1.84 bits per heavy atom. The molecule has 5 heteroatoms. The van der Waals surface area contributed by atoms with Crippen LogP contribution < -0.4 is 5.32 Å². The van der Waals surface area contributed by atoms with Crippen molar-refractivity contribution >= 4 is 17.5 Å². The minimum atomic E-state index is -0.604. The van der Waals surface area contributed by atoms with E-state index in [1.165, 1.54) is 11.0 Å². The van der Waals surface area contributed by atoms with Crippen molar-refractivity contribution in [1.29, 1.82) is 0 Å². The molecule has 0 unspecified atom stereocenters. The molecule has 25 heavy (non-hydrogen) atoms. The van der Waals surface area contributed by atoms with Crippen LogP contribution in [0.4, 0.5) is 10.1 Å². The molecule has 0 aromatic heterocycles. The molecular weight excluding hydrogens is 319 g/mol. The number of hydrogen-bond acceptors (Lipinski definition) is 2. The van der Waals surface area contributed by atoms with Crippen molar-refractivity contribution < 1.29 is 14.0 Å². The lowest BCUT2D eigenvalue weighted by molar-refractivity contribution is -0.140. The minimum Gasteiger partial charge on any atom is -0.338 e. The van der Waals surface area contributed by atoms with Gasteiger partial charge in [-0.05, 0) is 31.5 Å². The second-order valence-electron chi connectivity index (χ2n) is 6.47. The van der Waals surface area contributed by atoms with Gasteiger partial charge in [0.1, 0.15) is 5.82 Å². The molecule has 1 heterocycles. The molecule has 3 rings (SSSR count). The minimum absolute atomic E-state index is 0.0763. The van der Waals surface area contributed by atoms with Gasteiger partial charge in [0, 0.05) is 24.7 Å². The van der Waals surface area contributed by atoms with E-state index in [1.807, 2.05) is 31.2 Å². The highest BCUT2D eigenvalue weighted by Gasteiger charge is 2.40. The Hall–Kier alpha value is -2.69. The highest BCUT2D eigenvalue weighted by atomic mass is 19.1. The molecule has 0 bridgehead atoms. The molecule has 2 aromatic rings. The van der Waals surface area contributed by atoms with Crippen LogP contribution in [-0.2, 0) is 9.59 Å². The molecule has 2 amide bonds. The summed E-state index contributed by atoms with van der Waals surface area (Å²) in [5.74, 6) is -1.17. The van der Waals surface area contributed by atoms with E-state index in [0.717, 1.165) is 5.56 Å². The van der Waals surface area contributed by atoms with E-state index < -0.39 is 17.8 Å². The summed E-state index contributed by atoms with van der Waals surface area (Å²) >= 11 is 0. The maximum absolute atomic E-state index is 14.3. The molecule has 1 aliphatic heterocycles. The van der Waals surface area contributed by atoms with E-state index in [4.69, 9.17) is 0 Å². The van der Waals surface area contributed by atoms with Gasteiger partial charge in [0.25, 0.3) is 0 Å². The molecule has 0 saturated carbocycles. The third-order valence-electron chi connectivity index (χ3n) is 4.74. The molecule has 1 aliphatic rings. The van der Waals surface area contributed by atoms with Gasteiger partial charge < -0.3 is 10.2 Å². The van der Waals surface area contributed by atoms with E-state index in [0.29, 0.717) is 17.7 Å². The zero-order chi connectivity index (χ0) is 18.0. The van der Waals surface area contributed by atoms with Crippen molar-refractivity contribution in [3.05, 3.63) is 65.5 Å². The molecule has 2 atom stereocenters. The van der Waals surface area contributed by atoms with Gasteiger partial charge in [-0.15, -0.1) is 0 Å². The second-order valence-corrected chi connectivity index (χ2v) is 6.47. The van der Waals surface area contributed by atoms with E-state index in [9.17, 15) is 14.0 Å². The fraction of sp³-hybridized carbons (Fsp3) is 0.300. The molecule has 0 spiro atoms. The average molecular weight is 340 g/mol. The van der Waals surface area contributed by atoms with Gasteiger partial charge >= 0.3 is 0 Å². The molecule has 1 saturated heterocycles. The Morgan fingerprint density at radius 1 is 1.16 bits per heavy atom. The van der Waals surface area contributed by atoms with Crippen molar-refractivity contribution in [2.24, 2.45) is 5.92 Å². The summed E-state index contributed by atoms with van der Waals surface area (Å²) in [7, 11) is 1.63. The zero-order valence-electron chi connectivity index (χ0n) is 14.3. The first-order valence-electron chi connectivity index (χ1n) is 8.35. The predicted octanol–water partition coefficient (Wildman–Crippen LogP) is 3.68. The summed E-state index contributed by atoms with van der Waals surface area (Å²) in [4.78, 5) is 26.4. The van der Waals surface area contributed by atoms with Gasteiger partial charge in [-0.2, -0.15) is 0 Å². The zero-order valence-corrected chi connectivity index (χ0v) is 14.3. The molecule has 2 aromatic carbocycles. The number of benzene rings is 2. The van der Waals surface area contributed by atoms with Gasteiger partial charge in [0.05, 0.1) is 12.0 Å². The lowest BCUT2D eigenvalue weighted by Crippen LogP contribution is -2.44. The van der Waals surface area contributed by atoms with Gasteiger partial charge in [-0.3, -0.25) is 9.59 Å². The SMILES string of the molecule is Cc1ccc(NC(=O)[C@@H]2CCC(=O)N(C)[C@@H]2c2ccccc2F)cc1.